The molecule has 19 heavy (non-hydrogen) atoms. The first-order valence-electron chi connectivity index (χ1n) is 5.63. The number of halogens is 1. The molecule has 3 rings (SSSR count). The maximum atomic E-state index is 11.8. The highest BCUT2D eigenvalue weighted by Gasteiger charge is 2.44. The first-order valence-corrected chi connectivity index (χ1v) is 6.82. The van der Waals surface area contributed by atoms with Gasteiger partial charge >= 0.3 is 0 Å². The van der Waals surface area contributed by atoms with Gasteiger partial charge in [0.2, 0.25) is 5.91 Å². The molecule has 98 valence electrons. The summed E-state index contributed by atoms with van der Waals surface area (Å²) in [4.78, 5) is 26.6. The van der Waals surface area contributed by atoms with Gasteiger partial charge in [0, 0.05) is 17.8 Å². The lowest BCUT2D eigenvalue weighted by Crippen LogP contribution is -2.27. The molecule has 1 aliphatic carbocycles. The lowest BCUT2D eigenvalue weighted by Gasteiger charge is -2.01. The maximum absolute atomic E-state index is 11.8. The van der Waals surface area contributed by atoms with Gasteiger partial charge in [0.05, 0.1) is 9.72 Å². The van der Waals surface area contributed by atoms with Crippen molar-refractivity contribution in [2.75, 3.05) is 5.32 Å². The van der Waals surface area contributed by atoms with E-state index in [1.165, 1.54) is 11.3 Å². The van der Waals surface area contributed by atoms with E-state index in [1.807, 2.05) is 12.1 Å². The van der Waals surface area contributed by atoms with Gasteiger partial charge in [-0.1, -0.05) is 29.0 Å². The van der Waals surface area contributed by atoms with Crippen LogP contribution < -0.4 is 10.4 Å². The van der Waals surface area contributed by atoms with Crippen molar-refractivity contribution in [1.29, 1.82) is 0 Å². The van der Waals surface area contributed by atoms with Crippen molar-refractivity contribution in [2.45, 2.75) is 6.42 Å². The number of nitrogens with one attached hydrogen (secondary N) is 1. The van der Waals surface area contributed by atoms with Gasteiger partial charge in [-0.05, 0) is 18.6 Å². The minimum atomic E-state index is -1.17. The van der Waals surface area contributed by atoms with Crippen molar-refractivity contribution in [3.05, 3.63) is 23.2 Å². The molecule has 1 amide bonds. The number of hydrogen-bond donors (Lipinski definition) is 1. The van der Waals surface area contributed by atoms with Crippen LogP contribution in [0.25, 0.3) is 10.2 Å². The maximum Gasteiger partial charge on any atom is 0.229 e. The molecule has 5 nitrogen and oxygen atoms in total. The van der Waals surface area contributed by atoms with E-state index in [-0.39, 0.29) is 5.91 Å². The van der Waals surface area contributed by atoms with E-state index < -0.39 is 17.8 Å². The Labute approximate surface area is 117 Å². The number of fused-ring (bicyclic) bond motifs is 1. The van der Waals surface area contributed by atoms with Crippen molar-refractivity contribution >= 4 is 50.2 Å². The first-order chi connectivity index (χ1) is 9.06. The number of carbonyl (C=O) groups is 2. The molecule has 7 heteroatoms. The molecule has 0 bridgehead atoms. The number of aliphatic carboxylic acids is 1. The lowest BCUT2D eigenvalue weighted by atomic mass is 10.3. The van der Waals surface area contributed by atoms with Crippen molar-refractivity contribution in [1.82, 2.24) is 4.98 Å². The van der Waals surface area contributed by atoms with Crippen LogP contribution in [0.5, 0.6) is 0 Å². The number of anilines is 1. The fourth-order valence-electron chi connectivity index (χ4n) is 1.91. The average Bonchev–Trinajstić information content (AvgIpc) is 3.05. The zero-order valence-corrected chi connectivity index (χ0v) is 11.1. The predicted octanol–water partition coefficient (Wildman–Crippen LogP) is 1.27. The second kappa shape index (κ2) is 4.47. The number of rotatable bonds is 3. The predicted molar refractivity (Wildman–Crippen MR) is 69.9 cm³/mol. The number of aromatic nitrogens is 1. The summed E-state index contributed by atoms with van der Waals surface area (Å²) in [6, 6.07) is 5.39. The molecule has 0 radical (unpaired) electrons. The van der Waals surface area contributed by atoms with Crippen LogP contribution in [0.4, 0.5) is 5.13 Å². The van der Waals surface area contributed by atoms with E-state index in [0.717, 1.165) is 4.70 Å². The fourth-order valence-corrected chi connectivity index (χ4v) is 3.08. The fraction of sp³-hybridized carbons (Fsp3) is 0.250. The van der Waals surface area contributed by atoms with Gasteiger partial charge in [-0.25, -0.2) is 4.98 Å². The third-order valence-electron chi connectivity index (χ3n) is 3.03. The molecule has 0 unspecified atom stereocenters. The minimum Gasteiger partial charge on any atom is -0.550 e. The second-order valence-corrected chi connectivity index (χ2v) is 5.80. The molecule has 1 saturated carbocycles. The SMILES string of the molecule is O=C(Nc1nc2c(Cl)cccc2s1)[C@H]1C[C@H]1C(=O)[O-]. The number of para-hydroxylation sites is 1. The van der Waals surface area contributed by atoms with Crippen LogP contribution in [0.15, 0.2) is 18.2 Å². The summed E-state index contributed by atoms with van der Waals surface area (Å²) in [7, 11) is 0. The van der Waals surface area contributed by atoms with Crippen LogP contribution in [0, 0.1) is 11.8 Å². The molecule has 0 aliphatic heterocycles. The van der Waals surface area contributed by atoms with Crippen LogP contribution in [0.2, 0.25) is 5.02 Å². The Kier molecular flexibility index (Phi) is 2.91. The molecule has 1 aromatic carbocycles. The lowest BCUT2D eigenvalue weighted by molar-refractivity contribution is -0.308. The van der Waals surface area contributed by atoms with Crippen LogP contribution in [-0.4, -0.2) is 16.9 Å². The van der Waals surface area contributed by atoms with E-state index in [0.29, 0.717) is 22.1 Å². The standard InChI is InChI=1S/C12H9ClN2O3S/c13-7-2-1-3-8-9(7)14-12(19-8)15-10(16)5-4-6(5)11(17)18/h1-3,5-6H,4H2,(H,17,18)(H,14,15,16)/p-1/t5-,6+/m0/s1. The quantitative estimate of drug-likeness (QED) is 0.924. The Hall–Kier alpha value is -1.66. The van der Waals surface area contributed by atoms with Gasteiger partial charge in [0.15, 0.2) is 5.13 Å². The first kappa shape index (κ1) is 12.4. The summed E-state index contributed by atoms with van der Waals surface area (Å²) < 4.78 is 0.870. The van der Waals surface area contributed by atoms with Crippen molar-refractivity contribution in [3.8, 4) is 0 Å². The number of nitrogens with zero attached hydrogens (tertiary/aromatic N) is 1. The topological polar surface area (TPSA) is 82.1 Å². The van der Waals surface area contributed by atoms with Crippen molar-refractivity contribution in [2.24, 2.45) is 11.8 Å². The highest BCUT2D eigenvalue weighted by molar-refractivity contribution is 7.22. The summed E-state index contributed by atoms with van der Waals surface area (Å²) in [6.45, 7) is 0. The van der Waals surface area contributed by atoms with Crippen LogP contribution >= 0.6 is 22.9 Å². The molecule has 2 aromatic rings. The third-order valence-corrected chi connectivity index (χ3v) is 4.27. The number of carbonyl (C=O) groups excluding carboxylic acids is 2. The van der Waals surface area contributed by atoms with Gasteiger partial charge in [-0.3, -0.25) is 4.79 Å². The van der Waals surface area contributed by atoms with E-state index in [9.17, 15) is 14.7 Å². The summed E-state index contributed by atoms with van der Waals surface area (Å²) in [5, 5.41) is 14.2. The van der Waals surface area contributed by atoms with Gasteiger partial charge in [0.25, 0.3) is 0 Å². The number of benzene rings is 1. The van der Waals surface area contributed by atoms with E-state index in [4.69, 9.17) is 11.6 Å². The van der Waals surface area contributed by atoms with Gasteiger partial charge in [-0.2, -0.15) is 0 Å². The number of amides is 1. The molecule has 1 aromatic heterocycles. The molecule has 1 N–H and O–H groups in total. The Bertz CT molecular complexity index is 685. The van der Waals surface area contributed by atoms with Gasteiger partial charge in [-0.15, -0.1) is 0 Å². The molecule has 0 saturated heterocycles. The Balaban J connectivity index is 1.77. The highest BCUT2D eigenvalue weighted by atomic mass is 35.5. The second-order valence-electron chi connectivity index (χ2n) is 4.36. The van der Waals surface area contributed by atoms with Crippen molar-refractivity contribution in [3.63, 3.8) is 0 Å². The van der Waals surface area contributed by atoms with E-state index in [1.54, 1.807) is 6.07 Å². The van der Waals surface area contributed by atoms with Crippen molar-refractivity contribution < 1.29 is 14.7 Å². The van der Waals surface area contributed by atoms with Gasteiger partial charge < -0.3 is 15.2 Å². The largest absolute Gasteiger partial charge is 0.550 e. The van der Waals surface area contributed by atoms with Gasteiger partial charge in [0.1, 0.15) is 5.52 Å². The number of hydrogen-bond acceptors (Lipinski definition) is 5. The zero-order chi connectivity index (χ0) is 13.6. The Morgan fingerprint density at radius 3 is 2.84 bits per heavy atom. The Morgan fingerprint density at radius 1 is 1.42 bits per heavy atom. The van der Waals surface area contributed by atoms with Crippen LogP contribution in [0.3, 0.4) is 0 Å². The molecule has 1 heterocycles. The zero-order valence-electron chi connectivity index (χ0n) is 9.55. The van der Waals surface area contributed by atoms with Crippen LogP contribution in [-0.2, 0) is 9.59 Å². The molecule has 1 aliphatic rings. The van der Waals surface area contributed by atoms with E-state index in [2.05, 4.69) is 10.3 Å². The summed E-state index contributed by atoms with van der Waals surface area (Å²) >= 11 is 7.30. The minimum absolute atomic E-state index is 0.329. The summed E-state index contributed by atoms with van der Waals surface area (Å²) in [6.07, 6.45) is 0.333. The smallest absolute Gasteiger partial charge is 0.229 e. The third kappa shape index (κ3) is 2.29. The molecule has 2 atom stereocenters. The summed E-state index contributed by atoms with van der Waals surface area (Å²) in [5.74, 6) is -2.68. The highest BCUT2D eigenvalue weighted by Crippen LogP contribution is 2.39. The Morgan fingerprint density at radius 2 is 2.21 bits per heavy atom. The molecular weight excluding hydrogens is 288 g/mol. The number of thiazole rings is 1. The number of carboxylic acid groups (broad SMARTS) is 1. The van der Waals surface area contributed by atoms with E-state index >= 15 is 0 Å². The van der Waals surface area contributed by atoms with Crippen LogP contribution in [0.1, 0.15) is 6.42 Å². The average molecular weight is 296 g/mol. The number of carboxylic acids is 1. The molecule has 1 fully saturated rings. The molecule has 0 spiro atoms. The summed E-state index contributed by atoms with van der Waals surface area (Å²) in [5.41, 5.74) is 0.636. The normalized spacial score (nSPS) is 21.3. The monoisotopic (exact) mass is 295 g/mol. The molecular formula is C12H8ClN2O3S-.